The van der Waals surface area contributed by atoms with Crippen molar-refractivity contribution in [3.63, 3.8) is 0 Å². The number of hydrogen-bond acceptors (Lipinski definition) is 3. The van der Waals surface area contributed by atoms with E-state index >= 15 is 0 Å². The first-order valence-electron chi connectivity index (χ1n) is 7.05. The lowest BCUT2D eigenvalue weighted by atomic mass is 9.87. The molecule has 0 amide bonds. The number of nitriles is 1. The molecule has 0 N–H and O–H groups in total. The summed E-state index contributed by atoms with van der Waals surface area (Å²) in [4.78, 5) is 4.97. The largest absolute Gasteiger partial charge is 0.303 e. The molecule has 2 aliphatic heterocycles. The third-order valence-electron chi connectivity index (χ3n) is 4.23. The van der Waals surface area contributed by atoms with Gasteiger partial charge < -0.3 is 4.90 Å². The van der Waals surface area contributed by atoms with E-state index in [4.69, 9.17) is 0 Å². The van der Waals surface area contributed by atoms with E-state index in [1.165, 1.54) is 19.4 Å². The summed E-state index contributed by atoms with van der Waals surface area (Å²) in [6, 6.07) is 2.63. The molecule has 0 unspecified atom stereocenters. The normalized spacial score (nSPS) is 26.2. The molecule has 2 saturated heterocycles. The lowest BCUT2D eigenvalue weighted by molar-refractivity contribution is 0.0736. The second-order valence-corrected chi connectivity index (χ2v) is 6.03. The van der Waals surface area contributed by atoms with Gasteiger partial charge in [0.25, 0.3) is 0 Å². The molecule has 0 saturated carbocycles. The molecule has 96 valence electrons. The van der Waals surface area contributed by atoms with Crippen LogP contribution in [0, 0.1) is 17.2 Å². The molecule has 17 heavy (non-hydrogen) atoms. The molecule has 0 aliphatic carbocycles. The minimum Gasteiger partial charge on any atom is -0.303 e. The molecule has 0 atom stereocenters. The fourth-order valence-electron chi connectivity index (χ4n) is 3.27. The Bertz CT molecular complexity index is 278. The van der Waals surface area contributed by atoms with Crippen LogP contribution in [-0.4, -0.2) is 48.1 Å². The molecule has 3 nitrogen and oxygen atoms in total. The van der Waals surface area contributed by atoms with E-state index in [1.807, 2.05) is 0 Å². The summed E-state index contributed by atoms with van der Waals surface area (Å²) in [7, 11) is 0. The summed E-state index contributed by atoms with van der Waals surface area (Å²) < 4.78 is 0. The van der Waals surface area contributed by atoms with E-state index < -0.39 is 0 Å². The molecule has 0 spiro atoms. The molecule has 3 heteroatoms. The van der Waals surface area contributed by atoms with E-state index in [0.717, 1.165) is 44.9 Å². The van der Waals surface area contributed by atoms with Crippen LogP contribution in [0.1, 0.15) is 39.5 Å². The summed E-state index contributed by atoms with van der Waals surface area (Å²) in [6.07, 6.45) is 4.63. The second-order valence-electron chi connectivity index (χ2n) is 6.03. The minimum absolute atomic E-state index is 0.135. The maximum atomic E-state index is 9.56. The molecule has 2 heterocycles. The molecular weight excluding hydrogens is 210 g/mol. The second kappa shape index (κ2) is 5.37. The van der Waals surface area contributed by atoms with Crippen LogP contribution in [0.5, 0.6) is 0 Å². The highest BCUT2D eigenvalue weighted by atomic mass is 15.2. The van der Waals surface area contributed by atoms with E-state index in [1.54, 1.807) is 0 Å². The average Bonchev–Trinajstić information content (AvgIpc) is 2.84. The highest BCUT2D eigenvalue weighted by molar-refractivity contribution is 5.11. The highest BCUT2D eigenvalue weighted by Crippen LogP contribution is 2.31. The summed E-state index contributed by atoms with van der Waals surface area (Å²) in [5, 5.41) is 9.56. The predicted octanol–water partition coefficient (Wildman–Crippen LogP) is 2.10. The monoisotopic (exact) mass is 235 g/mol. The van der Waals surface area contributed by atoms with Crippen LogP contribution in [0.15, 0.2) is 0 Å². The quantitative estimate of drug-likeness (QED) is 0.750. The maximum absolute atomic E-state index is 9.56. The Balaban J connectivity index is 1.93. The fourth-order valence-corrected chi connectivity index (χ4v) is 3.27. The smallest absolute Gasteiger partial charge is 0.111 e. The Morgan fingerprint density at radius 3 is 2.18 bits per heavy atom. The van der Waals surface area contributed by atoms with E-state index in [9.17, 15) is 5.26 Å². The van der Waals surface area contributed by atoms with Gasteiger partial charge in [-0.2, -0.15) is 5.26 Å². The Hall–Kier alpha value is -0.590. The van der Waals surface area contributed by atoms with Crippen molar-refractivity contribution in [1.82, 2.24) is 9.80 Å². The average molecular weight is 235 g/mol. The zero-order chi connectivity index (χ0) is 12.3. The van der Waals surface area contributed by atoms with Crippen molar-refractivity contribution in [1.29, 1.82) is 5.26 Å². The predicted molar refractivity (Wildman–Crippen MR) is 69.7 cm³/mol. The number of piperidine rings is 1. The van der Waals surface area contributed by atoms with E-state index in [0.29, 0.717) is 0 Å². The maximum Gasteiger partial charge on any atom is 0.111 e. The van der Waals surface area contributed by atoms with Crippen LogP contribution >= 0.6 is 0 Å². The van der Waals surface area contributed by atoms with Gasteiger partial charge in [0.15, 0.2) is 0 Å². The van der Waals surface area contributed by atoms with Crippen molar-refractivity contribution in [2.45, 2.75) is 45.1 Å². The first-order valence-corrected chi connectivity index (χ1v) is 7.05. The van der Waals surface area contributed by atoms with Gasteiger partial charge in [-0.3, -0.25) is 4.90 Å². The number of rotatable bonds is 3. The van der Waals surface area contributed by atoms with Gasteiger partial charge >= 0.3 is 0 Å². The molecule has 2 rings (SSSR count). The van der Waals surface area contributed by atoms with E-state index in [-0.39, 0.29) is 5.54 Å². The van der Waals surface area contributed by atoms with Crippen LogP contribution in [0.2, 0.25) is 0 Å². The van der Waals surface area contributed by atoms with Gasteiger partial charge in [0, 0.05) is 19.6 Å². The topological polar surface area (TPSA) is 30.3 Å². The van der Waals surface area contributed by atoms with Crippen LogP contribution < -0.4 is 0 Å². The highest BCUT2D eigenvalue weighted by Gasteiger charge is 2.41. The van der Waals surface area contributed by atoms with Crippen molar-refractivity contribution in [3.05, 3.63) is 0 Å². The summed E-state index contributed by atoms with van der Waals surface area (Å²) in [6.45, 7) is 10.2. The standard InChI is InChI=1S/C14H25N3/c1-13(2)11-16-9-5-14(12-15,6-10-16)17-7-3-4-8-17/h13H,3-11H2,1-2H3. The number of hydrogen-bond donors (Lipinski definition) is 0. The van der Waals surface area contributed by atoms with Gasteiger partial charge in [-0.25, -0.2) is 0 Å². The SMILES string of the molecule is CC(C)CN1CCC(C#N)(N2CCCC2)CC1. The lowest BCUT2D eigenvalue weighted by Crippen LogP contribution is -2.54. The van der Waals surface area contributed by atoms with Gasteiger partial charge in [-0.1, -0.05) is 13.8 Å². The molecule has 2 aliphatic rings. The first kappa shape index (κ1) is 12.9. The third kappa shape index (κ3) is 2.81. The molecule has 0 bridgehead atoms. The van der Waals surface area contributed by atoms with Crippen LogP contribution in [-0.2, 0) is 0 Å². The Morgan fingerprint density at radius 1 is 1.12 bits per heavy atom. The fraction of sp³-hybridized carbons (Fsp3) is 0.929. The van der Waals surface area contributed by atoms with Crippen LogP contribution in [0.3, 0.4) is 0 Å². The zero-order valence-electron chi connectivity index (χ0n) is 11.3. The molecule has 0 aromatic rings. The van der Waals surface area contributed by atoms with Crippen LogP contribution in [0.4, 0.5) is 0 Å². The summed E-state index contributed by atoms with van der Waals surface area (Å²) in [5.74, 6) is 0.733. The lowest BCUT2D eigenvalue weighted by Gasteiger charge is -2.43. The van der Waals surface area contributed by atoms with Crippen molar-refractivity contribution in [3.8, 4) is 6.07 Å². The van der Waals surface area contributed by atoms with Crippen molar-refractivity contribution >= 4 is 0 Å². The van der Waals surface area contributed by atoms with Gasteiger partial charge in [0.1, 0.15) is 5.54 Å². The Kier molecular flexibility index (Phi) is 4.06. The molecule has 2 fully saturated rings. The third-order valence-corrected chi connectivity index (χ3v) is 4.23. The van der Waals surface area contributed by atoms with Gasteiger partial charge in [-0.05, 0) is 44.7 Å². The number of nitrogens with zero attached hydrogens (tertiary/aromatic N) is 3. The Labute approximate surface area is 105 Å². The van der Waals surface area contributed by atoms with Gasteiger partial charge in [0.2, 0.25) is 0 Å². The van der Waals surface area contributed by atoms with Gasteiger partial charge in [-0.15, -0.1) is 0 Å². The Morgan fingerprint density at radius 2 is 1.71 bits per heavy atom. The summed E-state index contributed by atoms with van der Waals surface area (Å²) >= 11 is 0. The van der Waals surface area contributed by atoms with Crippen molar-refractivity contribution in [2.75, 3.05) is 32.7 Å². The van der Waals surface area contributed by atoms with Crippen molar-refractivity contribution in [2.24, 2.45) is 5.92 Å². The van der Waals surface area contributed by atoms with E-state index in [2.05, 4.69) is 29.7 Å². The summed E-state index contributed by atoms with van der Waals surface area (Å²) in [5.41, 5.74) is -0.135. The first-order chi connectivity index (χ1) is 8.16. The van der Waals surface area contributed by atoms with Gasteiger partial charge in [0.05, 0.1) is 6.07 Å². The minimum atomic E-state index is -0.135. The molecular formula is C14H25N3. The number of likely N-dealkylation sites (tertiary alicyclic amines) is 2. The van der Waals surface area contributed by atoms with Crippen LogP contribution in [0.25, 0.3) is 0 Å². The molecule has 0 radical (unpaired) electrons. The zero-order valence-corrected chi connectivity index (χ0v) is 11.3. The van der Waals surface area contributed by atoms with Crippen molar-refractivity contribution < 1.29 is 0 Å². The molecule has 0 aromatic carbocycles. The molecule has 0 aromatic heterocycles.